The summed E-state index contributed by atoms with van der Waals surface area (Å²) in [6.07, 6.45) is 5.68. The Balaban J connectivity index is 4.20. The lowest BCUT2D eigenvalue weighted by Gasteiger charge is -2.34. The van der Waals surface area contributed by atoms with Crippen LogP contribution in [0.5, 0.6) is 0 Å². The zero-order chi connectivity index (χ0) is 16.5. The molecule has 0 rings (SSSR count). The summed E-state index contributed by atoms with van der Waals surface area (Å²) in [5, 5.41) is 0. The molecule has 0 aromatic carbocycles. The third-order valence-electron chi connectivity index (χ3n) is 3.41. The number of carbonyl (C=O) groups is 2. The Hall–Kier alpha value is -0.786. The fourth-order valence-electron chi connectivity index (χ4n) is 2.43. The summed E-state index contributed by atoms with van der Waals surface area (Å²) in [5.41, 5.74) is 0. The minimum atomic E-state index is -1.73. The van der Waals surface area contributed by atoms with Gasteiger partial charge in [-0.1, -0.05) is 13.2 Å². The lowest BCUT2D eigenvalue weighted by molar-refractivity contribution is -0.115. The van der Waals surface area contributed by atoms with Gasteiger partial charge in [0.05, 0.1) is 0 Å². The maximum absolute atomic E-state index is 11.2. The van der Waals surface area contributed by atoms with Gasteiger partial charge in [-0.2, -0.15) is 0 Å². The fourth-order valence-corrected chi connectivity index (χ4v) is 11.3. The molecule has 0 amide bonds. The van der Waals surface area contributed by atoms with Crippen molar-refractivity contribution in [2.75, 3.05) is 0 Å². The Bertz CT molecular complexity index is 351. The third kappa shape index (κ3) is 10.6. The van der Waals surface area contributed by atoms with E-state index in [0.717, 1.165) is 24.9 Å². The van der Waals surface area contributed by atoms with E-state index in [-0.39, 0.29) is 11.6 Å². The molecule has 0 saturated carbocycles. The third-order valence-corrected chi connectivity index (χ3v) is 10.9. The van der Waals surface area contributed by atoms with Gasteiger partial charge >= 0.3 is 0 Å². The summed E-state index contributed by atoms with van der Waals surface area (Å²) in [6, 6.07) is 1.99. The summed E-state index contributed by atoms with van der Waals surface area (Å²) in [4.78, 5) is 22.5. The molecule has 0 aromatic rings. The van der Waals surface area contributed by atoms with Crippen molar-refractivity contribution in [2.24, 2.45) is 0 Å². The van der Waals surface area contributed by atoms with Crippen molar-refractivity contribution in [3.05, 3.63) is 25.3 Å². The highest BCUT2D eigenvalue weighted by molar-refractivity contribution is 6.84. The summed E-state index contributed by atoms with van der Waals surface area (Å²) >= 11 is 0. The molecule has 0 heterocycles. The molecule has 0 atom stereocenters. The average molecular weight is 327 g/mol. The number of hydrogen-bond acceptors (Lipinski definition) is 3. The smallest absolute Gasteiger partial charge is 0.173 e. The van der Waals surface area contributed by atoms with Crippen LogP contribution in [0.4, 0.5) is 0 Å². The first-order valence-corrected chi connectivity index (χ1v) is 13.9. The SMILES string of the molecule is C=CC(=O)CCC[Si](C)(C)O[Si](C)(C)CCCC(=O)C=C. The van der Waals surface area contributed by atoms with Gasteiger partial charge in [0.1, 0.15) is 0 Å². The zero-order valence-electron chi connectivity index (χ0n) is 14.0. The van der Waals surface area contributed by atoms with Crippen LogP contribution in [0.25, 0.3) is 0 Å². The number of allylic oxidation sites excluding steroid dienone is 2. The van der Waals surface area contributed by atoms with Crippen molar-refractivity contribution in [3.8, 4) is 0 Å². The number of rotatable bonds is 12. The normalized spacial score (nSPS) is 12.0. The Morgan fingerprint density at radius 3 is 1.48 bits per heavy atom. The minimum Gasteiger partial charge on any atom is -0.455 e. The lowest BCUT2D eigenvalue weighted by Crippen LogP contribution is -2.44. The van der Waals surface area contributed by atoms with E-state index in [1.54, 1.807) is 0 Å². The molecule has 0 unspecified atom stereocenters. The van der Waals surface area contributed by atoms with E-state index in [1.165, 1.54) is 12.2 Å². The van der Waals surface area contributed by atoms with Gasteiger partial charge in [0.15, 0.2) is 28.2 Å². The van der Waals surface area contributed by atoms with Crippen LogP contribution in [-0.4, -0.2) is 28.2 Å². The molecule has 0 aliphatic heterocycles. The van der Waals surface area contributed by atoms with Crippen molar-refractivity contribution < 1.29 is 13.7 Å². The van der Waals surface area contributed by atoms with Crippen molar-refractivity contribution in [1.82, 2.24) is 0 Å². The molecule has 0 bridgehead atoms. The van der Waals surface area contributed by atoms with E-state index < -0.39 is 16.6 Å². The summed E-state index contributed by atoms with van der Waals surface area (Å²) in [6.45, 7) is 15.9. The van der Waals surface area contributed by atoms with Crippen LogP contribution in [0, 0.1) is 0 Å². The van der Waals surface area contributed by atoms with Crippen LogP contribution in [-0.2, 0) is 13.7 Å². The molecule has 0 N–H and O–H groups in total. The Kier molecular flexibility index (Phi) is 8.93. The molecular weight excluding hydrogens is 296 g/mol. The van der Waals surface area contributed by atoms with Gasteiger partial charge in [0.2, 0.25) is 0 Å². The van der Waals surface area contributed by atoms with E-state index in [2.05, 4.69) is 39.3 Å². The fraction of sp³-hybridized carbons (Fsp3) is 0.625. The van der Waals surface area contributed by atoms with Gasteiger partial charge in [-0.25, -0.2) is 0 Å². The Morgan fingerprint density at radius 2 is 1.19 bits per heavy atom. The molecule has 0 fully saturated rings. The number of hydrogen-bond donors (Lipinski definition) is 0. The minimum absolute atomic E-state index is 0.110. The zero-order valence-corrected chi connectivity index (χ0v) is 16.0. The van der Waals surface area contributed by atoms with E-state index in [4.69, 9.17) is 4.12 Å². The molecule has 0 radical (unpaired) electrons. The van der Waals surface area contributed by atoms with E-state index in [0.29, 0.717) is 12.8 Å². The van der Waals surface area contributed by atoms with Gasteiger partial charge in [0.25, 0.3) is 0 Å². The second kappa shape index (κ2) is 9.28. The molecule has 0 aliphatic rings. The van der Waals surface area contributed by atoms with Crippen molar-refractivity contribution in [1.29, 1.82) is 0 Å². The van der Waals surface area contributed by atoms with E-state index in [9.17, 15) is 9.59 Å². The van der Waals surface area contributed by atoms with Crippen LogP contribution < -0.4 is 0 Å². The topological polar surface area (TPSA) is 43.4 Å². The van der Waals surface area contributed by atoms with Crippen LogP contribution in [0.1, 0.15) is 25.7 Å². The van der Waals surface area contributed by atoms with Crippen LogP contribution in [0.3, 0.4) is 0 Å². The molecule has 0 spiro atoms. The van der Waals surface area contributed by atoms with Gasteiger partial charge in [0, 0.05) is 12.8 Å². The predicted octanol–water partition coefficient (Wildman–Crippen LogP) is 4.48. The van der Waals surface area contributed by atoms with Crippen molar-refractivity contribution >= 4 is 28.2 Å². The lowest BCUT2D eigenvalue weighted by atomic mass is 10.2. The highest BCUT2D eigenvalue weighted by Crippen LogP contribution is 2.25. The van der Waals surface area contributed by atoms with Crippen LogP contribution >= 0.6 is 0 Å². The largest absolute Gasteiger partial charge is 0.455 e. The van der Waals surface area contributed by atoms with Crippen LogP contribution in [0.2, 0.25) is 38.3 Å². The predicted molar refractivity (Wildman–Crippen MR) is 94.5 cm³/mol. The Labute approximate surface area is 131 Å². The maximum Gasteiger partial charge on any atom is 0.173 e. The van der Waals surface area contributed by atoms with Crippen molar-refractivity contribution in [2.45, 2.75) is 64.0 Å². The quantitative estimate of drug-likeness (QED) is 0.392. The highest BCUT2D eigenvalue weighted by Gasteiger charge is 2.32. The molecule has 3 nitrogen and oxygen atoms in total. The molecule has 0 saturated heterocycles. The average Bonchev–Trinajstić information content (AvgIpc) is 2.36. The molecule has 0 aromatic heterocycles. The molecule has 0 aliphatic carbocycles. The number of carbonyl (C=O) groups excluding carboxylic acids is 2. The molecule has 120 valence electrons. The van der Waals surface area contributed by atoms with E-state index >= 15 is 0 Å². The highest BCUT2D eigenvalue weighted by atomic mass is 28.4. The van der Waals surface area contributed by atoms with Gasteiger partial charge < -0.3 is 4.12 Å². The second-order valence-electron chi connectivity index (χ2n) is 6.67. The maximum atomic E-state index is 11.2. The van der Waals surface area contributed by atoms with Gasteiger partial charge in [-0.05, 0) is 63.3 Å². The second-order valence-corrected chi connectivity index (χ2v) is 15.5. The number of ketones is 2. The monoisotopic (exact) mass is 326 g/mol. The standard InChI is InChI=1S/C16H30O3Si2/c1-7-15(17)11-9-13-20(3,4)19-21(5,6)14-10-12-16(18)8-2/h7-8H,1-2,9-14H2,3-6H3. The van der Waals surface area contributed by atoms with Crippen molar-refractivity contribution in [3.63, 3.8) is 0 Å². The summed E-state index contributed by atoms with van der Waals surface area (Å²) in [7, 11) is -3.47. The first-order chi connectivity index (χ1) is 9.62. The molecule has 5 heteroatoms. The first-order valence-electron chi connectivity index (χ1n) is 7.62. The van der Waals surface area contributed by atoms with Crippen LogP contribution in [0.15, 0.2) is 25.3 Å². The molecular formula is C16H30O3Si2. The van der Waals surface area contributed by atoms with Gasteiger partial charge in [-0.15, -0.1) is 0 Å². The van der Waals surface area contributed by atoms with Gasteiger partial charge in [-0.3, -0.25) is 9.59 Å². The first kappa shape index (κ1) is 20.2. The Morgan fingerprint density at radius 1 is 0.857 bits per heavy atom. The summed E-state index contributed by atoms with van der Waals surface area (Å²) < 4.78 is 6.46. The van der Waals surface area contributed by atoms with E-state index in [1.807, 2.05) is 0 Å². The summed E-state index contributed by atoms with van der Waals surface area (Å²) in [5.74, 6) is 0.221. The molecule has 21 heavy (non-hydrogen) atoms.